The number of nitrogens with zero attached hydrogens (tertiary/aromatic N) is 1. The van der Waals surface area contributed by atoms with Gasteiger partial charge in [-0.25, -0.2) is 0 Å². The van der Waals surface area contributed by atoms with Crippen LogP contribution in [0.1, 0.15) is 6.92 Å². The maximum absolute atomic E-state index is 11.2. The SMILES string of the molecule is C[C@H](N)C(=O)NCCN(C)c1ccccc1. The zero-order chi connectivity index (χ0) is 12.0. The van der Waals surface area contributed by atoms with Gasteiger partial charge >= 0.3 is 0 Å². The van der Waals surface area contributed by atoms with Crippen molar-refractivity contribution in [2.45, 2.75) is 13.0 Å². The molecule has 1 amide bonds. The lowest BCUT2D eigenvalue weighted by Gasteiger charge is -2.19. The van der Waals surface area contributed by atoms with E-state index < -0.39 is 6.04 Å². The maximum Gasteiger partial charge on any atom is 0.236 e. The molecule has 0 unspecified atom stereocenters. The van der Waals surface area contributed by atoms with Crippen molar-refractivity contribution in [2.24, 2.45) is 5.73 Å². The molecule has 0 fully saturated rings. The average molecular weight is 221 g/mol. The number of rotatable bonds is 5. The summed E-state index contributed by atoms with van der Waals surface area (Å²) in [6, 6.07) is 9.59. The van der Waals surface area contributed by atoms with Crippen LogP contribution >= 0.6 is 0 Å². The summed E-state index contributed by atoms with van der Waals surface area (Å²) in [5.41, 5.74) is 6.57. The number of amides is 1. The smallest absolute Gasteiger partial charge is 0.236 e. The molecule has 88 valence electrons. The van der Waals surface area contributed by atoms with E-state index in [2.05, 4.69) is 10.2 Å². The van der Waals surface area contributed by atoms with Gasteiger partial charge in [0, 0.05) is 25.8 Å². The van der Waals surface area contributed by atoms with Gasteiger partial charge in [0.2, 0.25) is 5.91 Å². The van der Waals surface area contributed by atoms with Crippen LogP contribution in [-0.2, 0) is 4.79 Å². The van der Waals surface area contributed by atoms with Crippen molar-refractivity contribution >= 4 is 11.6 Å². The second-order valence-electron chi connectivity index (χ2n) is 3.84. The highest BCUT2D eigenvalue weighted by molar-refractivity contribution is 5.80. The molecule has 0 saturated carbocycles. The molecule has 4 heteroatoms. The largest absolute Gasteiger partial charge is 0.373 e. The number of nitrogens with one attached hydrogen (secondary N) is 1. The van der Waals surface area contributed by atoms with E-state index in [1.807, 2.05) is 37.4 Å². The van der Waals surface area contributed by atoms with Crippen LogP contribution in [0.5, 0.6) is 0 Å². The minimum absolute atomic E-state index is 0.110. The summed E-state index contributed by atoms with van der Waals surface area (Å²) >= 11 is 0. The monoisotopic (exact) mass is 221 g/mol. The van der Waals surface area contributed by atoms with Crippen LogP contribution in [0.3, 0.4) is 0 Å². The number of hydrogen-bond donors (Lipinski definition) is 2. The fourth-order valence-electron chi connectivity index (χ4n) is 1.32. The Balaban J connectivity index is 2.31. The third-order valence-electron chi connectivity index (χ3n) is 2.36. The molecule has 0 saturated heterocycles. The van der Waals surface area contributed by atoms with Crippen LogP contribution in [0.25, 0.3) is 0 Å². The van der Waals surface area contributed by atoms with E-state index in [1.165, 1.54) is 0 Å². The Labute approximate surface area is 96.4 Å². The Hall–Kier alpha value is -1.55. The molecule has 4 nitrogen and oxygen atoms in total. The van der Waals surface area contributed by atoms with Gasteiger partial charge in [-0.1, -0.05) is 18.2 Å². The van der Waals surface area contributed by atoms with E-state index in [9.17, 15) is 4.79 Å². The molecule has 0 aliphatic carbocycles. The minimum atomic E-state index is -0.443. The van der Waals surface area contributed by atoms with Gasteiger partial charge in [0.05, 0.1) is 6.04 Å². The molecule has 0 spiro atoms. The van der Waals surface area contributed by atoms with E-state index in [0.29, 0.717) is 6.54 Å². The number of likely N-dealkylation sites (N-methyl/N-ethyl adjacent to an activating group) is 1. The summed E-state index contributed by atoms with van der Waals surface area (Å²) in [6.07, 6.45) is 0. The van der Waals surface area contributed by atoms with E-state index in [0.717, 1.165) is 12.2 Å². The zero-order valence-electron chi connectivity index (χ0n) is 9.81. The highest BCUT2D eigenvalue weighted by Gasteiger charge is 2.06. The highest BCUT2D eigenvalue weighted by atomic mass is 16.2. The van der Waals surface area contributed by atoms with Crippen molar-refractivity contribution in [3.63, 3.8) is 0 Å². The molecule has 0 aliphatic rings. The van der Waals surface area contributed by atoms with Crippen LogP contribution in [0, 0.1) is 0 Å². The fourth-order valence-corrected chi connectivity index (χ4v) is 1.32. The molecule has 0 bridgehead atoms. The number of carbonyl (C=O) groups is 1. The lowest BCUT2D eigenvalue weighted by Crippen LogP contribution is -2.41. The van der Waals surface area contributed by atoms with Gasteiger partial charge in [-0.15, -0.1) is 0 Å². The number of hydrogen-bond acceptors (Lipinski definition) is 3. The Morgan fingerprint density at radius 2 is 2.06 bits per heavy atom. The summed E-state index contributed by atoms with van der Waals surface area (Å²) in [7, 11) is 1.99. The van der Waals surface area contributed by atoms with Gasteiger partial charge < -0.3 is 16.0 Å². The van der Waals surface area contributed by atoms with E-state index >= 15 is 0 Å². The maximum atomic E-state index is 11.2. The Bertz CT molecular complexity index is 324. The van der Waals surface area contributed by atoms with Crippen LogP contribution in [0.2, 0.25) is 0 Å². The molecule has 0 radical (unpaired) electrons. The predicted molar refractivity (Wildman–Crippen MR) is 66.4 cm³/mol. The summed E-state index contributed by atoms with van der Waals surface area (Å²) in [6.45, 7) is 3.05. The second kappa shape index (κ2) is 6.12. The number of benzene rings is 1. The van der Waals surface area contributed by atoms with Crippen molar-refractivity contribution in [1.82, 2.24) is 5.32 Å². The summed E-state index contributed by atoms with van der Waals surface area (Å²) < 4.78 is 0. The Morgan fingerprint density at radius 1 is 1.44 bits per heavy atom. The van der Waals surface area contributed by atoms with E-state index in [-0.39, 0.29) is 5.91 Å². The van der Waals surface area contributed by atoms with Crippen molar-refractivity contribution in [3.8, 4) is 0 Å². The molecule has 1 atom stereocenters. The van der Waals surface area contributed by atoms with Gasteiger partial charge in [-0.3, -0.25) is 4.79 Å². The van der Waals surface area contributed by atoms with Crippen molar-refractivity contribution in [3.05, 3.63) is 30.3 Å². The number of nitrogens with two attached hydrogens (primary N) is 1. The molecule has 0 aliphatic heterocycles. The first-order chi connectivity index (χ1) is 7.61. The number of carbonyl (C=O) groups excluding carboxylic acids is 1. The fraction of sp³-hybridized carbons (Fsp3) is 0.417. The van der Waals surface area contributed by atoms with E-state index in [1.54, 1.807) is 6.92 Å². The first-order valence-corrected chi connectivity index (χ1v) is 5.40. The molecule has 0 aromatic heterocycles. The van der Waals surface area contributed by atoms with Crippen molar-refractivity contribution in [2.75, 3.05) is 25.0 Å². The summed E-state index contributed by atoms with van der Waals surface area (Å²) in [5.74, 6) is -0.110. The van der Waals surface area contributed by atoms with E-state index in [4.69, 9.17) is 5.73 Å². The third kappa shape index (κ3) is 3.90. The first kappa shape index (κ1) is 12.5. The van der Waals surface area contributed by atoms with Crippen LogP contribution in [0.15, 0.2) is 30.3 Å². The van der Waals surface area contributed by atoms with Gasteiger partial charge in [0.25, 0.3) is 0 Å². The molecular formula is C12H19N3O. The lowest BCUT2D eigenvalue weighted by molar-refractivity contribution is -0.121. The second-order valence-corrected chi connectivity index (χ2v) is 3.84. The average Bonchev–Trinajstić information content (AvgIpc) is 2.29. The summed E-state index contributed by atoms with van der Waals surface area (Å²) in [4.78, 5) is 13.3. The van der Waals surface area contributed by atoms with Crippen LogP contribution in [0.4, 0.5) is 5.69 Å². The lowest BCUT2D eigenvalue weighted by atomic mass is 10.3. The summed E-state index contributed by atoms with van der Waals surface area (Å²) in [5, 5.41) is 2.78. The molecule has 1 rings (SSSR count). The Morgan fingerprint density at radius 3 is 2.62 bits per heavy atom. The molecule has 1 aromatic rings. The Kier molecular flexibility index (Phi) is 4.79. The predicted octanol–water partition coefficient (Wildman–Crippen LogP) is 0.586. The highest BCUT2D eigenvalue weighted by Crippen LogP contribution is 2.09. The van der Waals surface area contributed by atoms with Gasteiger partial charge in [-0.05, 0) is 19.1 Å². The van der Waals surface area contributed by atoms with Gasteiger partial charge in [0.15, 0.2) is 0 Å². The third-order valence-corrected chi connectivity index (χ3v) is 2.36. The van der Waals surface area contributed by atoms with Gasteiger partial charge in [0.1, 0.15) is 0 Å². The number of anilines is 1. The molecular weight excluding hydrogens is 202 g/mol. The quantitative estimate of drug-likeness (QED) is 0.765. The standard InChI is InChI=1S/C12H19N3O/c1-10(13)12(16)14-8-9-15(2)11-6-4-3-5-7-11/h3-7,10H,8-9,13H2,1-2H3,(H,14,16)/t10-/m0/s1. The molecule has 0 heterocycles. The molecule has 1 aromatic carbocycles. The molecule has 16 heavy (non-hydrogen) atoms. The first-order valence-electron chi connectivity index (χ1n) is 5.40. The van der Waals surface area contributed by atoms with Crippen molar-refractivity contribution in [1.29, 1.82) is 0 Å². The van der Waals surface area contributed by atoms with Gasteiger partial charge in [-0.2, -0.15) is 0 Å². The van der Waals surface area contributed by atoms with Crippen LogP contribution < -0.4 is 16.0 Å². The number of para-hydroxylation sites is 1. The minimum Gasteiger partial charge on any atom is -0.373 e. The molecule has 3 N–H and O–H groups in total. The van der Waals surface area contributed by atoms with Crippen molar-refractivity contribution < 1.29 is 4.79 Å². The zero-order valence-corrected chi connectivity index (χ0v) is 9.81. The topological polar surface area (TPSA) is 58.4 Å². The van der Waals surface area contributed by atoms with Crippen LogP contribution in [-0.4, -0.2) is 32.1 Å². The normalized spacial score (nSPS) is 11.9.